The summed E-state index contributed by atoms with van der Waals surface area (Å²) in [6, 6.07) is 27.5. The molecule has 4 rings (SSSR count). The van der Waals surface area contributed by atoms with E-state index >= 15 is 0 Å². The van der Waals surface area contributed by atoms with E-state index in [2.05, 4.69) is 20.9 Å². The zero-order chi connectivity index (χ0) is 18.8. The second kappa shape index (κ2) is 7.33. The van der Waals surface area contributed by atoms with Crippen LogP contribution in [0.4, 0.5) is 0 Å². The first-order chi connectivity index (χ1) is 13.1. The molecule has 3 nitrogen and oxygen atoms in total. The number of benzene rings is 3. The summed E-state index contributed by atoms with van der Waals surface area (Å²) >= 11 is 3.73. The first kappa shape index (κ1) is 17.4. The fraction of sp³-hybridized carbons (Fsp3) is 0.0435. The predicted molar refractivity (Wildman–Crippen MR) is 113 cm³/mol. The molecular formula is C23H17BrN2O. The van der Waals surface area contributed by atoms with Gasteiger partial charge in [-0.05, 0) is 40.5 Å². The number of nitrogens with zero attached hydrogens (tertiary/aromatic N) is 2. The Bertz CT molecular complexity index is 1130. The fourth-order valence-electron chi connectivity index (χ4n) is 3.07. The van der Waals surface area contributed by atoms with Gasteiger partial charge in [0, 0.05) is 5.56 Å². The molecule has 0 fully saturated rings. The van der Waals surface area contributed by atoms with E-state index in [1.807, 2.05) is 91.9 Å². The highest BCUT2D eigenvalue weighted by molar-refractivity contribution is 9.10. The SMILES string of the molecule is Cc1ccc(-n2c(-c3ccccc3)c(Br)c(-c3ccccc3)nc2=O)cc1. The third kappa shape index (κ3) is 3.36. The van der Waals surface area contributed by atoms with Gasteiger partial charge in [0.2, 0.25) is 0 Å². The lowest BCUT2D eigenvalue weighted by Crippen LogP contribution is -2.24. The maximum Gasteiger partial charge on any atom is 0.353 e. The van der Waals surface area contributed by atoms with Crippen LogP contribution < -0.4 is 5.69 Å². The molecule has 1 aromatic heterocycles. The first-order valence-electron chi connectivity index (χ1n) is 8.65. The molecule has 0 aliphatic carbocycles. The molecule has 0 aliphatic heterocycles. The number of aryl methyl sites for hydroxylation is 1. The summed E-state index contributed by atoms with van der Waals surface area (Å²) < 4.78 is 2.45. The van der Waals surface area contributed by atoms with Crippen LogP contribution in [0.3, 0.4) is 0 Å². The molecule has 0 atom stereocenters. The Labute approximate surface area is 166 Å². The predicted octanol–water partition coefficient (Wildman–Crippen LogP) is 5.64. The molecule has 0 saturated heterocycles. The summed E-state index contributed by atoms with van der Waals surface area (Å²) in [6.45, 7) is 2.03. The summed E-state index contributed by atoms with van der Waals surface area (Å²) in [6.07, 6.45) is 0. The van der Waals surface area contributed by atoms with Crippen LogP contribution in [0.2, 0.25) is 0 Å². The highest BCUT2D eigenvalue weighted by Gasteiger charge is 2.19. The molecule has 3 aromatic carbocycles. The molecule has 0 bridgehead atoms. The van der Waals surface area contributed by atoms with Crippen molar-refractivity contribution >= 4 is 15.9 Å². The van der Waals surface area contributed by atoms with Crippen LogP contribution in [0.15, 0.2) is 94.2 Å². The number of rotatable bonds is 3. The van der Waals surface area contributed by atoms with Gasteiger partial charge in [0.25, 0.3) is 0 Å². The Kier molecular flexibility index (Phi) is 4.73. The number of aromatic nitrogens is 2. The fourth-order valence-corrected chi connectivity index (χ4v) is 3.80. The van der Waals surface area contributed by atoms with Crippen LogP contribution in [0, 0.1) is 6.92 Å². The van der Waals surface area contributed by atoms with Gasteiger partial charge in [0.05, 0.1) is 21.5 Å². The molecule has 0 N–H and O–H groups in total. The van der Waals surface area contributed by atoms with E-state index in [-0.39, 0.29) is 5.69 Å². The van der Waals surface area contributed by atoms with Crippen LogP contribution in [0.25, 0.3) is 28.2 Å². The molecule has 0 radical (unpaired) electrons. The lowest BCUT2D eigenvalue weighted by atomic mass is 10.1. The van der Waals surface area contributed by atoms with Gasteiger partial charge in [0.1, 0.15) is 0 Å². The Morgan fingerprint density at radius 1 is 0.778 bits per heavy atom. The molecule has 4 heteroatoms. The van der Waals surface area contributed by atoms with Gasteiger partial charge in [-0.25, -0.2) is 4.79 Å². The molecule has 0 saturated carbocycles. The van der Waals surface area contributed by atoms with Crippen LogP contribution in [0.5, 0.6) is 0 Å². The zero-order valence-electron chi connectivity index (χ0n) is 14.8. The highest BCUT2D eigenvalue weighted by Crippen LogP contribution is 2.35. The Hall–Kier alpha value is -2.98. The van der Waals surface area contributed by atoms with Crippen molar-refractivity contribution in [3.63, 3.8) is 0 Å². The minimum absolute atomic E-state index is 0.306. The van der Waals surface area contributed by atoms with Crippen molar-refractivity contribution in [2.75, 3.05) is 0 Å². The van der Waals surface area contributed by atoms with Crippen molar-refractivity contribution in [2.45, 2.75) is 6.92 Å². The quantitative estimate of drug-likeness (QED) is 0.433. The second-order valence-electron chi connectivity index (χ2n) is 6.31. The highest BCUT2D eigenvalue weighted by atomic mass is 79.9. The molecular weight excluding hydrogens is 400 g/mol. The minimum atomic E-state index is -0.306. The topological polar surface area (TPSA) is 34.9 Å². The van der Waals surface area contributed by atoms with Crippen LogP contribution >= 0.6 is 15.9 Å². The molecule has 0 unspecified atom stereocenters. The van der Waals surface area contributed by atoms with Gasteiger partial charge in [0.15, 0.2) is 0 Å². The van der Waals surface area contributed by atoms with Crippen molar-refractivity contribution in [3.8, 4) is 28.2 Å². The van der Waals surface area contributed by atoms with E-state index in [1.54, 1.807) is 4.57 Å². The lowest BCUT2D eigenvalue weighted by molar-refractivity contribution is 0.919. The van der Waals surface area contributed by atoms with Gasteiger partial charge in [-0.2, -0.15) is 4.98 Å². The molecule has 0 amide bonds. The lowest BCUT2D eigenvalue weighted by Gasteiger charge is -2.17. The molecule has 1 heterocycles. The van der Waals surface area contributed by atoms with Gasteiger partial charge < -0.3 is 0 Å². The Balaban J connectivity index is 2.06. The van der Waals surface area contributed by atoms with Gasteiger partial charge in [-0.1, -0.05) is 78.4 Å². The van der Waals surface area contributed by atoms with Crippen LogP contribution in [-0.2, 0) is 0 Å². The Morgan fingerprint density at radius 3 is 1.93 bits per heavy atom. The summed E-state index contributed by atoms with van der Waals surface area (Å²) in [5, 5.41) is 0. The maximum absolute atomic E-state index is 13.1. The maximum atomic E-state index is 13.1. The largest absolute Gasteiger partial charge is 0.353 e. The van der Waals surface area contributed by atoms with Crippen molar-refractivity contribution in [2.24, 2.45) is 0 Å². The average Bonchev–Trinajstić information content (AvgIpc) is 2.71. The average molecular weight is 417 g/mol. The number of hydrogen-bond donors (Lipinski definition) is 0. The minimum Gasteiger partial charge on any atom is -0.259 e. The van der Waals surface area contributed by atoms with Gasteiger partial charge >= 0.3 is 5.69 Å². The van der Waals surface area contributed by atoms with Crippen molar-refractivity contribution in [3.05, 3.63) is 105 Å². The zero-order valence-corrected chi connectivity index (χ0v) is 16.3. The summed E-state index contributed by atoms with van der Waals surface area (Å²) in [7, 11) is 0. The van der Waals surface area contributed by atoms with Crippen molar-refractivity contribution in [1.82, 2.24) is 9.55 Å². The van der Waals surface area contributed by atoms with E-state index in [0.717, 1.165) is 32.5 Å². The molecule has 4 aromatic rings. The summed E-state index contributed by atoms with van der Waals surface area (Å²) in [5.41, 5.74) is 4.90. The smallest absolute Gasteiger partial charge is 0.259 e. The molecule has 0 spiro atoms. The van der Waals surface area contributed by atoms with E-state index in [4.69, 9.17) is 0 Å². The summed E-state index contributed by atoms with van der Waals surface area (Å²) in [5.74, 6) is 0. The van der Waals surface area contributed by atoms with Gasteiger partial charge in [-0.15, -0.1) is 0 Å². The first-order valence-corrected chi connectivity index (χ1v) is 9.45. The van der Waals surface area contributed by atoms with Crippen LogP contribution in [-0.4, -0.2) is 9.55 Å². The van der Waals surface area contributed by atoms with Crippen LogP contribution in [0.1, 0.15) is 5.56 Å². The van der Waals surface area contributed by atoms with E-state index in [0.29, 0.717) is 5.69 Å². The van der Waals surface area contributed by atoms with Crippen molar-refractivity contribution < 1.29 is 0 Å². The summed E-state index contributed by atoms with van der Waals surface area (Å²) in [4.78, 5) is 17.5. The monoisotopic (exact) mass is 416 g/mol. The van der Waals surface area contributed by atoms with E-state index < -0.39 is 0 Å². The van der Waals surface area contributed by atoms with E-state index in [1.165, 1.54) is 0 Å². The third-order valence-corrected chi connectivity index (χ3v) is 5.18. The number of halogens is 1. The molecule has 27 heavy (non-hydrogen) atoms. The van der Waals surface area contributed by atoms with E-state index in [9.17, 15) is 4.79 Å². The Morgan fingerprint density at radius 2 is 1.33 bits per heavy atom. The third-order valence-electron chi connectivity index (χ3n) is 4.42. The van der Waals surface area contributed by atoms with Crippen molar-refractivity contribution in [1.29, 1.82) is 0 Å². The normalized spacial score (nSPS) is 10.7. The molecule has 0 aliphatic rings. The standard InChI is InChI=1S/C23H17BrN2O/c1-16-12-14-19(15-13-16)26-22(18-10-6-3-7-11-18)20(24)21(25-23(26)27)17-8-4-2-5-9-17/h2-15H,1H3. The molecule has 132 valence electrons. The van der Waals surface area contributed by atoms with Gasteiger partial charge in [-0.3, -0.25) is 4.57 Å². The second-order valence-corrected chi connectivity index (χ2v) is 7.10. The number of hydrogen-bond acceptors (Lipinski definition) is 2.